The number of fused-ring (bicyclic) bond motifs is 1. The number of aryl methyl sites for hydroxylation is 1. The molecule has 27 heavy (non-hydrogen) atoms. The van der Waals surface area contributed by atoms with Gasteiger partial charge in [-0.3, -0.25) is 4.98 Å². The number of aromatic nitrogens is 3. The number of anilines is 1. The molecule has 1 N–H and O–H groups in total. The molecule has 0 atom stereocenters. The number of hydrogen-bond acceptors (Lipinski definition) is 6. The van der Waals surface area contributed by atoms with Crippen molar-refractivity contribution < 1.29 is 9.84 Å². The molecule has 0 bridgehead atoms. The molecule has 0 spiro atoms. The molecule has 0 amide bonds. The Balaban J connectivity index is 1.84. The number of hydrogen-bond donors (Lipinski definition) is 1. The van der Waals surface area contributed by atoms with Crippen molar-refractivity contribution in [2.45, 2.75) is 26.2 Å². The van der Waals surface area contributed by atoms with E-state index >= 15 is 0 Å². The fraction of sp³-hybridized carbons (Fsp3) is 0.381. The van der Waals surface area contributed by atoms with Crippen molar-refractivity contribution in [3.63, 3.8) is 0 Å². The summed E-state index contributed by atoms with van der Waals surface area (Å²) in [6, 6.07) is 9.19. The zero-order valence-electron chi connectivity index (χ0n) is 15.6. The number of benzene rings is 1. The summed E-state index contributed by atoms with van der Waals surface area (Å²) < 4.78 is 5.49. The van der Waals surface area contributed by atoms with Crippen LogP contribution in [0.3, 0.4) is 0 Å². The molecular weight excluding hydrogens is 340 g/mol. The van der Waals surface area contributed by atoms with E-state index in [0.29, 0.717) is 19.0 Å². The summed E-state index contributed by atoms with van der Waals surface area (Å²) >= 11 is 0. The smallest absolute Gasteiger partial charge is 0.162 e. The summed E-state index contributed by atoms with van der Waals surface area (Å²) in [5.74, 6) is 1.65. The van der Waals surface area contributed by atoms with Gasteiger partial charge in [0.2, 0.25) is 0 Å². The minimum atomic E-state index is 0.207. The lowest BCUT2D eigenvalue weighted by Gasteiger charge is -2.28. The third-order valence-electron chi connectivity index (χ3n) is 4.81. The SMILES string of the molecule is CCCCc1cnc2c(N3CCOCC3)nc(-c3cccc(O)c3)nc2c1. The zero-order chi connectivity index (χ0) is 18.6. The zero-order valence-corrected chi connectivity index (χ0v) is 15.6. The van der Waals surface area contributed by atoms with Gasteiger partial charge in [0.05, 0.1) is 18.7 Å². The summed E-state index contributed by atoms with van der Waals surface area (Å²) in [6.45, 7) is 5.12. The first-order chi connectivity index (χ1) is 13.2. The number of phenols is 1. The average Bonchev–Trinajstić information content (AvgIpc) is 2.72. The van der Waals surface area contributed by atoms with E-state index in [1.807, 2.05) is 18.3 Å². The molecule has 4 rings (SSSR count). The molecule has 1 saturated heterocycles. The van der Waals surface area contributed by atoms with Crippen molar-refractivity contribution in [3.05, 3.63) is 42.1 Å². The molecule has 6 nitrogen and oxygen atoms in total. The van der Waals surface area contributed by atoms with Crippen molar-refractivity contribution in [2.75, 3.05) is 31.2 Å². The van der Waals surface area contributed by atoms with Crippen LogP contribution in [0.4, 0.5) is 5.82 Å². The van der Waals surface area contributed by atoms with E-state index in [-0.39, 0.29) is 5.75 Å². The van der Waals surface area contributed by atoms with Crippen molar-refractivity contribution >= 4 is 16.9 Å². The highest BCUT2D eigenvalue weighted by atomic mass is 16.5. The topological polar surface area (TPSA) is 71.4 Å². The summed E-state index contributed by atoms with van der Waals surface area (Å²) in [5, 5.41) is 9.85. The molecule has 1 aliphatic rings. The Bertz CT molecular complexity index is 939. The van der Waals surface area contributed by atoms with Crippen LogP contribution < -0.4 is 4.90 Å². The van der Waals surface area contributed by atoms with Gasteiger partial charge in [-0.2, -0.15) is 0 Å². The Morgan fingerprint density at radius 1 is 1.15 bits per heavy atom. The predicted molar refractivity (Wildman–Crippen MR) is 106 cm³/mol. The number of nitrogens with zero attached hydrogens (tertiary/aromatic N) is 4. The van der Waals surface area contributed by atoms with Gasteiger partial charge >= 0.3 is 0 Å². The quantitative estimate of drug-likeness (QED) is 0.746. The van der Waals surface area contributed by atoms with Crippen LogP contribution in [-0.2, 0) is 11.2 Å². The van der Waals surface area contributed by atoms with Crippen molar-refractivity contribution in [2.24, 2.45) is 0 Å². The monoisotopic (exact) mass is 364 g/mol. The number of pyridine rings is 1. The lowest BCUT2D eigenvalue weighted by atomic mass is 10.1. The van der Waals surface area contributed by atoms with E-state index in [4.69, 9.17) is 19.7 Å². The molecule has 6 heteroatoms. The standard InChI is InChI=1S/C21H24N4O2/c1-2-3-5-15-12-18-19(22-14-15)21(25-8-10-27-11-9-25)24-20(23-18)16-6-4-7-17(26)13-16/h4,6-7,12-14,26H,2-3,5,8-11H2,1H3. The van der Waals surface area contributed by atoms with E-state index in [1.54, 1.807) is 12.1 Å². The van der Waals surface area contributed by atoms with Crippen molar-refractivity contribution in [1.29, 1.82) is 0 Å². The first kappa shape index (κ1) is 17.7. The lowest BCUT2D eigenvalue weighted by Crippen LogP contribution is -2.37. The van der Waals surface area contributed by atoms with E-state index in [2.05, 4.69) is 17.9 Å². The first-order valence-corrected chi connectivity index (χ1v) is 9.53. The van der Waals surface area contributed by atoms with Crippen molar-refractivity contribution in [3.8, 4) is 17.1 Å². The molecule has 0 saturated carbocycles. The molecule has 1 aromatic carbocycles. The van der Waals surface area contributed by atoms with E-state index < -0.39 is 0 Å². The van der Waals surface area contributed by atoms with E-state index in [1.165, 1.54) is 5.56 Å². The summed E-state index contributed by atoms with van der Waals surface area (Å²) in [4.78, 5) is 16.5. The minimum absolute atomic E-state index is 0.207. The highest BCUT2D eigenvalue weighted by Gasteiger charge is 2.19. The van der Waals surface area contributed by atoms with Crippen LogP contribution in [0.2, 0.25) is 0 Å². The normalized spacial score (nSPS) is 14.6. The lowest BCUT2D eigenvalue weighted by molar-refractivity contribution is 0.122. The number of rotatable bonds is 5. The molecule has 2 aromatic heterocycles. The Kier molecular flexibility index (Phi) is 5.16. The summed E-state index contributed by atoms with van der Waals surface area (Å²) in [5.41, 5.74) is 3.66. The van der Waals surface area contributed by atoms with Crippen LogP contribution in [0.15, 0.2) is 36.5 Å². The van der Waals surface area contributed by atoms with Gasteiger partial charge in [0.25, 0.3) is 0 Å². The van der Waals surface area contributed by atoms with Crippen LogP contribution in [0.1, 0.15) is 25.3 Å². The maximum absolute atomic E-state index is 9.85. The minimum Gasteiger partial charge on any atom is -0.508 e. The van der Waals surface area contributed by atoms with Gasteiger partial charge in [-0.25, -0.2) is 9.97 Å². The molecule has 1 fully saturated rings. The second kappa shape index (κ2) is 7.88. The van der Waals surface area contributed by atoms with Crippen LogP contribution in [0.25, 0.3) is 22.4 Å². The maximum atomic E-state index is 9.85. The van der Waals surface area contributed by atoms with Crippen molar-refractivity contribution in [1.82, 2.24) is 15.0 Å². The van der Waals surface area contributed by atoms with E-state index in [9.17, 15) is 5.11 Å². The van der Waals surface area contributed by atoms with Gasteiger partial charge in [0.1, 0.15) is 11.3 Å². The molecule has 0 unspecified atom stereocenters. The van der Waals surface area contributed by atoms with Gasteiger partial charge < -0.3 is 14.7 Å². The Morgan fingerprint density at radius 3 is 2.78 bits per heavy atom. The van der Waals surface area contributed by atoms with Crippen LogP contribution in [-0.4, -0.2) is 46.4 Å². The third-order valence-corrected chi connectivity index (χ3v) is 4.81. The van der Waals surface area contributed by atoms with Gasteiger partial charge in [-0.15, -0.1) is 0 Å². The Hall–Kier alpha value is -2.73. The number of phenolic OH excluding ortho intramolecular Hbond substituents is 1. The fourth-order valence-corrected chi connectivity index (χ4v) is 3.33. The highest BCUT2D eigenvalue weighted by Crippen LogP contribution is 2.28. The molecule has 140 valence electrons. The molecule has 0 radical (unpaired) electrons. The fourth-order valence-electron chi connectivity index (χ4n) is 3.33. The van der Waals surface area contributed by atoms with Gasteiger partial charge in [0.15, 0.2) is 11.6 Å². The second-order valence-corrected chi connectivity index (χ2v) is 6.84. The van der Waals surface area contributed by atoms with Gasteiger partial charge in [-0.05, 0) is 36.6 Å². The largest absolute Gasteiger partial charge is 0.508 e. The third kappa shape index (κ3) is 3.85. The average molecular weight is 364 g/mol. The Labute approximate surface area is 158 Å². The van der Waals surface area contributed by atoms with Gasteiger partial charge in [0, 0.05) is 24.8 Å². The summed E-state index contributed by atoms with van der Waals surface area (Å²) in [7, 11) is 0. The first-order valence-electron chi connectivity index (χ1n) is 9.53. The number of ether oxygens (including phenoxy) is 1. The van der Waals surface area contributed by atoms with E-state index in [0.717, 1.165) is 54.8 Å². The van der Waals surface area contributed by atoms with Crippen LogP contribution >= 0.6 is 0 Å². The van der Waals surface area contributed by atoms with Crippen LogP contribution in [0.5, 0.6) is 5.75 Å². The molecule has 3 aromatic rings. The number of unbranched alkanes of at least 4 members (excludes halogenated alkanes) is 1. The maximum Gasteiger partial charge on any atom is 0.162 e. The second-order valence-electron chi connectivity index (χ2n) is 6.84. The molecule has 1 aliphatic heterocycles. The Morgan fingerprint density at radius 2 is 2.00 bits per heavy atom. The number of morpholine rings is 1. The number of aromatic hydroxyl groups is 1. The molecule has 3 heterocycles. The molecule has 0 aliphatic carbocycles. The highest BCUT2D eigenvalue weighted by molar-refractivity contribution is 5.88. The summed E-state index contributed by atoms with van der Waals surface area (Å²) in [6.07, 6.45) is 5.22. The van der Waals surface area contributed by atoms with Gasteiger partial charge in [-0.1, -0.05) is 25.5 Å². The predicted octanol–water partition coefficient (Wildman–Crippen LogP) is 3.58. The molecular formula is C21H24N4O2. The van der Waals surface area contributed by atoms with Crippen LogP contribution in [0, 0.1) is 0 Å².